The summed E-state index contributed by atoms with van der Waals surface area (Å²) in [6.45, 7) is 6.43. The van der Waals surface area contributed by atoms with Gasteiger partial charge >= 0.3 is 0 Å². The number of carbonyl (C=O) groups is 2. The maximum atomic E-state index is 12.9. The standard InChI is InChI=1S/C23H23N3O2S/c1-14-8-9-18(10-15(14)2)26-12-17(11-22(26)27)23(28)25-20-7-5-4-6-19(20)21-13-29-16(3)24-21/h4-10,13,17H,11-12H2,1-3H3,(H,25,28). The van der Waals surface area contributed by atoms with E-state index in [1.807, 2.05) is 68.6 Å². The van der Waals surface area contributed by atoms with Crippen LogP contribution in [0.15, 0.2) is 47.8 Å². The molecule has 4 rings (SSSR count). The SMILES string of the molecule is Cc1nc(-c2ccccc2NC(=O)C2CC(=O)N(c3ccc(C)c(C)c3)C2)cs1. The number of para-hydroxylation sites is 1. The molecular weight excluding hydrogens is 382 g/mol. The van der Waals surface area contributed by atoms with E-state index in [9.17, 15) is 9.59 Å². The van der Waals surface area contributed by atoms with E-state index in [-0.39, 0.29) is 24.2 Å². The molecule has 29 heavy (non-hydrogen) atoms. The molecule has 6 heteroatoms. The van der Waals surface area contributed by atoms with Crippen molar-refractivity contribution in [1.29, 1.82) is 0 Å². The van der Waals surface area contributed by atoms with Crippen molar-refractivity contribution in [1.82, 2.24) is 4.98 Å². The molecule has 0 saturated carbocycles. The van der Waals surface area contributed by atoms with Crippen molar-refractivity contribution >= 4 is 34.5 Å². The third-order valence-electron chi connectivity index (χ3n) is 5.38. The van der Waals surface area contributed by atoms with Crippen LogP contribution in [0.2, 0.25) is 0 Å². The predicted molar refractivity (Wildman–Crippen MR) is 117 cm³/mol. The Morgan fingerprint density at radius 2 is 1.93 bits per heavy atom. The molecule has 1 aliphatic heterocycles. The van der Waals surface area contributed by atoms with Crippen molar-refractivity contribution in [2.45, 2.75) is 27.2 Å². The summed E-state index contributed by atoms with van der Waals surface area (Å²) in [5, 5.41) is 5.99. The van der Waals surface area contributed by atoms with Gasteiger partial charge in [-0.15, -0.1) is 11.3 Å². The first kappa shape index (κ1) is 19.3. The van der Waals surface area contributed by atoms with Crippen LogP contribution in [0, 0.1) is 26.7 Å². The molecule has 2 aromatic carbocycles. The average molecular weight is 406 g/mol. The Kier molecular flexibility index (Phi) is 5.20. The van der Waals surface area contributed by atoms with Crippen LogP contribution in [-0.4, -0.2) is 23.3 Å². The van der Waals surface area contributed by atoms with Gasteiger partial charge in [-0.1, -0.05) is 24.3 Å². The quantitative estimate of drug-likeness (QED) is 0.683. The molecule has 2 amide bonds. The Hall–Kier alpha value is -2.99. The number of benzene rings is 2. The Balaban J connectivity index is 1.52. The van der Waals surface area contributed by atoms with Gasteiger partial charge < -0.3 is 10.2 Å². The first-order valence-corrected chi connectivity index (χ1v) is 10.5. The number of aryl methyl sites for hydroxylation is 3. The second-order valence-electron chi connectivity index (χ2n) is 7.46. The number of rotatable bonds is 4. The maximum Gasteiger partial charge on any atom is 0.229 e. The number of amides is 2. The molecule has 0 radical (unpaired) electrons. The normalized spacial score (nSPS) is 16.3. The van der Waals surface area contributed by atoms with Crippen LogP contribution in [0.25, 0.3) is 11.3 Å². The maximum absolute atomic E-state index is 12.9. The van der Waals surface area contributed by atoms with E-state index in [2.05, 4.69) is 10.3 Å². The molecule has 1 fully saturated rings. The van der Waals surface area contributed by atoms with Crippen molar-refractivity contribution in [3.8, 4) is 11.3 Å². The molecule has 1 aromatic heterocycles. The van der Waals surface area contributed by atoms with Gasteiger partial charge in [-0.05, 0) is 50.1 Å². The van der Waals surface area contributed by atoms with Crippen LogP contribution in [-0.2, 0) is 9.59 Å². The van der Waals surface area contributed by atoms with Crippen LogP contribution in [0.3, 0.4) is 0 Å². The lowest BCUT2D eigenvalue weighted by Crippen LogP contribution is -2.28. The van der Waals surface area contributed by atoms with E-state index >= 15 is 0 Å². The van der Waals surface area contributed by atoms with Gasteiger partial charge in [-0.2, -0.15) is 0 Å². The first-order chi connectivity index (χ1) is 13.9. The summed E-state index contributed by atoms with van der Waals surface area (Å²) in [6.07, 6.45) is 0.219. The fourth-order valence-electron chi connectivity index (χ4n) is 3.56. The fourth-order valence-corrected chi connectivity index (χ4v) is 4.18. The van der Waals surface area contributed by atoms with E-state index in [4.69, 9.17) is 0 Å². The lowest BCUT2D eigenvalue weighted by Gasteiger charge is -2.18. The Morgan fingerprint density at radius 3 is 2.66 bits per heavy atom. The highest BCUT2D eigenvalue weighted by Crippen LogP contribution is 2.31. The Morgan fingerprint density at radius 1 is 1.14 bits per heavy atom. The molecule has 1 N–H and O–H groups in total. The summed E-state index contributed by atoms with van der Waals surface area (Å²) >= 11 is 1.58. The van der Waals surface area contributed by atoms with E-state index in [0.29, 0.717) is 6.54 Å². The summed E-state index contributed by atoms with van der Waals surface area (Å²) in [4.78, 5) is 31.8. The molecule has 1 aliphatic rings. The monoisotopic (exact) mass is 405 g/mol. The van der Waals surface area contributed by atoms with Gasteiger partial charge in [0.2, 0.25) is 11.8 Å². The number of aromatic nitrogens is 1. The van der Waals surface area contributed by atoms with Gasteiger partial charge in [0.1, 0.15) is 0 Å². The lowest BCUT2D eigenvalue weighted by molar-refractivity contribution is -0.122. The number of anilines is 2. The van der Waals surface area contributed by atoms with Crippen molar-refractivity contribution in [3.05, 3.63) is 64.0 Å². The van der Waals surface area contributed by atoms with E-state index in [0.717, 1.165) is 33.2 Å². The summed E-state index contributed by atoms with van der Waals surface area (Å²) in [6, 6.07) is 13.6. The molecule has 0 aliphatic carbocycles. The molecule has 3 aromatic rings. The highest BCUT2D eigenvalue weighted by atomic mass is 32.1. The van der Waals surface area contributed by atoms with Gasteiger partial charge in [0.05, 0.1) is 22.3 Å². The molecule has 1 unspecified atom stereocenters. The molecule has 1 atom stereocenters. The molecule has 2 heterocycles. The predicted octanol–water partition coefficient (Wildman–Crippen LogP) is 4.73. The minimum absolute atomic E-state index is 0.0168. The van der Waals surface area contributed by atoms with E-state index < -0.39 is 0 Å². The van der Waals surface area contributed by atoms with Gasteiger partial charge in [0.25, 0.3) is 0 Å². The highest BCUT2D eigenvalue weighted by molar-refractivity contribution is 7.09. The zero-order chi connectivity index (χ0) is 20.5. The number of nitrogens with zero attached hydrogens (tertiary/aromatic N) is 2. The summed E-state index contributed by atoms with van der Waals surface area (Å²) < 4.78 is 0. The lowest BCUT2D eigenvalue weighted by atomic mass is 10.1. The van der Waals surface area contributed by atoms with Crippen molar-refractivity contribution in [3.63, 3.8) is 0 Å². The largest absolute Gasteiger partial charge is 0.325 e. The smallest absolute Gasteiger partial charge is 0.229 e. The van der Waals surface area contributed by atoms with Gasteiger partial charge in [-0.25, -0.2) is 4.98 Å². The zero-order valence-corrected chi connectivity index (χ0v) is 17.5. The molecule has 0 spiro atoms. The summed E-state index contributed by atoms with van der Waals surface area (Å²) in [5.41, 5.74) is 5.63. The molecule has 148 valence electrons. The Bertz CT molecular complexity index is 1090. The molecule has 0 bridgehead atoms. The number of hydrogen-bond donors (Lipinski definition) is 1. The molecule has 1 saturated heterocycles. The van der Waals surface area contributed by atoms with E-state index in [1.54, 1.807) is 16.2 Å². The molecule has 5 nitrogen and oxygen atoms in total. The average Bonchev–Trinajstić information content (AvgIpc) is 3.30. The first-order valence-electron chi connectivity index (χ1n) is 9.62. The van der Waals surface area contributed by atoms with Crippen molar-refractivity contribution < 1.29 is 9.59 Å². The number of thiazole rings is 1. The molecular formula is C23H23N3O2S. The minimum Gasteiger partial charge on any atom is -0.325 e. The van der Waals surface area contributed by atoms with E-state index in [1.165, 1.54) is 5.56 Å². The summed E-state index contributed by atoms with van der Waals surface area (Å²) in [5.74, 6) is -0.532. The fraction of sp³-hybridized carbons (Fsp3) is 0.261. The van der Waals surface area contributed by atoms with Crippen LogP contribution in [0.5, 0.6) is 0 Å². The van der Waals surface area contributed by atoms with Gasteiger partial charge in [0, 0.05) is 29.6 Å². The van der Waals surface area contributed by atoms with Crippen LogP contribution < -0.4 is 10.2 Å². The third kappa shape index (κ3) is 3.93. The minimum atomic E-state index is -0.380. The second kappa shape index (κ2) is 7.79. The number of hydrogen-bond acceptors (Lipinski definition) is 4. The number of nitrogens with one attached hydrogen (secondary N) is 1. The van der Waals surface area contributed by atoms with Gasteiger partial charge in [-0.3, -0.25) is 9.59 Å². The van der Waals surface area contributed by atoms with Crippen LogP contribution in [0.1, 0.15) is 22.6 Å². The third-order valence-corrected chi connectivity index (χ3v) is 6.15. The topological polar surface area (TPSA) is 62.3 Å². The highest BCUT2D eigenvalue weighted by Gasteiger charge is 2.35. The van der Waals surface area contributed by atoms with Gasteiger partial charge in [0.15, 0.2) is 0 Å². The van der Waals surface area contributed by atoms with Crippen molar-refractivity contribution in [2.24, 2.45) is 5.92 Å². The van der Waals surface area contributed by atoms with Crippen molar-refractivity contribution in [2.75, 3.05) is 16.8 Å². The van der Waals surface area contributed by atoms with Crippen LogP contribution >= 0.6 is 11.3 Å². The zero-order valence-electron chi connectivity index (χ0n) is 16.7. The Labute approximate surface area is 174 Å². The second-order valence-corrected chi connectivity index (χ2v) is 8.52. The summed E-state index contributed by atoms with van der Waals surface area (Å²) in [7, 11) is 0. The number of carbonyl (C=O) groups excluding carboxylic acids is 2. The van der Waals surface area contributed by atoms with Crippen LogP contribution in [0.4, 0.5) is 11.4 Å².